The molecule has 1 heterocycles. The van der Waals surface area contributed by atoms with E-state index < -0.39 is 0 Å². The van der Waals surface area contributed by atoms with Crippen LogP contribution in [0.15, 0.2) is 18.2 Å². The molecule has 1 aromatic heterocycles. The molecule has 0 aliphatic carbocycles. The first kappa shape index (κ1) is 13.1. The van der Waals surface area contributed by atoms with Crippen molar-refractivity contribution in [2.24, 2.45) is 0 Å². The van der Waals surface area contributed by atoms with Crippen LogP contribution in [0.1, 0.15) is 0 Å². The molecule has 0 aliphatic heterocycles. The Kier molecular flexibility index (Phi) is 4.06. The lowest BCUT2D eigenvalue weighted by Crippen LogP contribution is -2.01. The molecule has 0 bridgehead atoms. The Morgan fingerprint density at radius 2 is 1.83 bits per heavy atom. The van der Waals surface area contributed by atoms with Gasteiger partial charge in [0.1, 0.15) is 5.75 Å². The molecule has 0 aliphatic rings. The minimum absolute atomic E-state index is 0.0319. The van der Waals surface area contributed by atoms with Crippen molar-refractivity contribution in [1.29, 1.82) is 0 Å². The van der Waals surface area contributed by atoms with Gasteiger partial charge in [-0.25, -0.2) is 0 Å². The third kappa shape index (κ3) is 3.13. The highest BCUT2D eigenvalue weighted by atomic mass is 35.5. The second-order valence-corrected chi connectivity index (χ2v) is 4.29. The van der Waals surface area contributed by atoms with Gasteiger partial charge < -0.3 is 10.1 Å². The minimum Gasteiger partial charge on any atom is -0.424 e. The van der Waals surface area contributed by atoms with E-state index in [1.165, 1.54) is 0 Å². The summed E-state index contributed by atoms with van der Waals surface area (Å²) in [5.41, 5.74) is 0. The van der Waals surface area contributed by atoms with Crippen LogP contribution >= 0.6 is 34.8 Å². The molecule has 0 unspecified atom stereocenters. The smallest absolute Gasteiger partial charge is 0.328 e. The van der Waals surface area contributed by atoms with Crippen LogP contribution in [0.3, 0.4) is 0 Å². The standard InChI is InChI=1S/C10H7Cl3N4O/c1-14-9-15-8(13)16-10(17-9)18-5-2-3-6(11)7(12)4-5/h2-4H,1H3,(H,14,15,16,17). The topological polar surface area (TPSA) is 59.9 Å². The average molecular weight is 306 g/mol. The maximum Gasteiger partial charge on any atom is 0.328 e. The van der Waals surface area contributed by atoms with Crippen molar-refractivity contribution in [2.45, 2.75) is 0 Å². The molecule has 1 aromatic carbocycles. The zero-order valence-electron chi connectivity index (χ0n) is 9.12. The van der Waals surface area contributed by atoms with Crippen LogP contribution in [0, 0.1) is 0 Å². The molecule has 8 heteroatoms. The van der Waals surface area contributed by atoms with E-state index in [0.717, 1.165) is 0 Å². The quantitative estimate of drug-likeness (QED) is 0.937. The number of nitrogens with one attached hydrogen (secondary N) is 1. The fourth-order valence-corrected chi connectivity index (χ4v) is 1.58. The van der Waals surface area contributed by atoms with Gasteiger partial charge in [0.15, 0.2) is 0 Å². The summed E-state index contributed by atoms with van der Waals surface area (Å²) in [5, 5.41) is 3.59. The van der Waals surface area contributed by atoms with Gasteiger partial charge in [-0.15, -0.1) is 0 Å². The fourth-order valence-electron chi connectivity index (χ4n) is 1.14. The van der Waals surface area contributed by atoms with Crippen LogP contribution in [0.25, 0.3) is 0 Å². The van der Waals surface area contributed by atoms with Gasteiger partial charge in [-0.1, -0.05) is 23.2 Å². The van der Waals surface area contributed by atoms with Crippen LogP contribution in [0.5, 0.6) is 11.8 Å². The van der Waals surface area contributed by atoms with Crippen LogP contribution in [0.2, 0.25) is 15.3 Å². The average Bonchev–Trinajstić information content (AvgIpc) is 2.33. The highest BCUT2D eigenvalue weighted by molar-refractivity contribution is 6.42. The summed E-state index contributed by atoms with van der Waals surface area (Å²) < 4.78 is 5.41. The third-order valence-electron chi connectivity index (χ3n) is 1.91. The van der Waals surface area contributed by atoms with E-state index in [9.17, 15) is 0 Å². The second-order valence-electron chi connectivity index (χ2n) is 3.14. The lowest BCUT2D eigenvalue weighted by Gasteiger charge is -2.06. The Balaban J connectivity index is 2.27. The number of halogens is 3. The van der Waals surface area contributed by atoms with E-state index in [0.29, 0.717) is 21.7 Å². The van der Waals surface area contributed by atoms with Crippen molar-refractivity contribution < 1.29 is 4.74 Å². The van der Waals surface area contributed by atoms with E-state index in [4.69, 9.17) is 39.5 Å². The highest BCUT2D eigenvalue weighted by Crippen LogP contribution is 2.28. The van der Waals surface area contributed by atoms with Crippen molar-refractivity contribution in [3.05, 3.63) is 33.5 Å². The largest absolute Gasteiger partial charge is 0.424 e. The molecular formula is C10H7Cl3N4O. The van der Waals surface area contributed by atoms with Gasteiger partial charge in [0.05, 0.1) is 10.0 Å². The minimum atomic E-state index is 0.0319. The summed E-state index contributed by atoms with van der Waals surface area (Å²) in [4.78, 5) is 11.6. The summed E-state index contributed by atoms with van der Waals surface area (Å²) >= 11 is 17.4. The van der Waals surface area contributed by atoms with Crippen molar-refractivity contribution >= 4 is 40.8 Å². The van der Waals surface area contributed by atoms with Gasteiger partial charge in [-0.3, -0.25) is 0 Å². The summed E-state index contributed by atoms with van der Waals surface area (Å²) in [6.07, 6.45) is 0. The summed E-state index contributed by atoms with van der Waals surface area (Å²) in [6.45, 7) is 0. The fraction of sp³-hybridized carbons (Fsp3) is 0.100. The number of rotatable bonds is 3. The van der Waals surface area contributed by atoms with E-state index in [1.54, 1.807) is 25.2 Å². The number of hydrogen-bond donors (Lipinski definition) is 1. The Bertz CT molecular complexity index is 579. The molecule has 0 saturated heterocycles. The van der Waals surface area contributed by atoms with Crippen LogP contribution < -0.4 is 10.1 Å². The van der Waals surface area contributed by atoms with Gasteiger partial charge >= 0.3 is 6.01 Å². The lowest BCUT2D eigenvalue weighted by atomic mass is 10.3. The predicted octanol–water partition coefficient (Wildman–Crippen LogP) is 3.67. The second kappa shape index (κ2) is 5.56. The zero-order valence-corrected chi connectivity index (χ0v) is 11.4. The summed E-state index contributed by atoms with van der Waals surface area (Å²) in [5.74, 6) is 0.763. The number of benzene rings is 1. The third-order valence-corrected chi connectivity index (χ3v) is 2.82. The Labute approximate surface area is 118 Å². The molecule has 94 valence electrons. The highest BCUT2D eigenvalue weighted by Gasteiger charge is 2.07. The van der Waals surface area contributed by atoms with Gasteiger partial charge in [-0.05, 0) is 23.7 Å². The Hall–Kier alpha value is -1.30. The zero-order chi connectivity index (χ0) is 13.1. The molecule has 0 atom stereocenters. The summed E-state index contributed by atoms with van der Waals surface area (Å²) in [6, 6.07) is 4.88. The monoisotopic (exact) mass is 304 g/mol. The molecule has 18 heavy (non-hydrogen) atoms. The van der Waals surface area contributed by atoms with Gasteiger partial charge in [0, 0.05) is 13.1 Å². The number of anilines is 1. The van der Waals surface area contributed by atoms with Gasteiger partial charge in [0.25, 0.3) is 0 Å². The number of hydrogen-bond acceptors (Lipinski definition) is 5. The maximum atomic E-state index is 5.87. The van der Waals surface area contributed by atoms with E-state index in [-0.39, 0.29) is 11.3 Å². The Morgan fingerprint density at radius 1 is 1.06 bits per heavy atom. The van der Waals surface area contributed by atoms with Crippen LogP contribution in [0.4, 0.5) is 5.95 Å². The number of aromatic nitrogens is 3. The van der Waals surface area contributed by atoms with E-state index >= 15 is 0 Å². The molecule has 5 nitrogen and oxygen atoms in total. The normalized spacial score (nSPS) is 10.2. The molecule has 2 rings (SSSR count). The molecule has 0 saturated carbocycles. The van der Waals surface area contributed by atoms with Gasteiger partial charge in [-0.2, -0.15) is 15.0 Å². The first-order chi connectivity index (χ1) is 8.58. The van der Waals surface area contributed by atoms with Crippen LogP contribution in [-0.2, 0) is 0 Å². The Morgan fingerprint density at radius 3 is 2.50 bits per heavy atom. The lowest BCUT2D eigenvalue weighted by molar-refractivity contribution is 0.440. The SMILES string of the molecule is CNc1nc(Cl)nc(Oc2ccc(Cl)c(Cl)c2)n1. The maximum absolute atomic E-state index is 5.87. The summed E-state index contributed by atoms with van der Waals surface area (Å²) in [7, 11) is 1.66. The molecular weight excluding hydrogens is 298 g/mol. The number of ether oxygens (including phenoxy) is 1. The molecule has 0 amide bonds. The van der Waals surface area contributed by atoms with E-state index in [1.807, 2.05) is 0 Å². The van der Waals surface area contributed by atoms with Gasteiger partial charge in [0.2, 0.25) is 11.2 Å². The first-order valence-electron chi connectivity index (χ1n) is 4.80. The molecule has 1 N–H and O–H groups in total. The van der Waals surface area contributed by atoms with Crippen molar-refractivity contribution in [1.82, 2.24) is 15.0 Å². The predicted molar refractivity (Wildman–Crippen MR) is 70.9 cm³/mol. The molecule has 0 fully saturated rings. The molecule has 0 radical (unpaired) electrons. The van der Waals surface area contributed by atoms with Crippen molar-refractivity contribution in [2.75, 3.05) is 12.4 Å². The molecule has 0 spiro atoms. The molecule has 2 aromatic rings. The van der Waals surface area contributed by atoms with Crippen molar-refractivity contribution in [3.8, 4) is 11.8 Å². The van der Waals surface area contributed by atoms with E-state index in [2.05, 4.69) is 20.3 Å². The number of nitrogens with zero attached hydrogens (tertiary/aromatic N) is 3. The van der Waals surface area contributed by atoms with Crippen molar-refractivity contribution in [3.63, 3.8) is 0 Å². The first-order valence-corrected chi connectivity index (χ1v) is 5.94. The van der Waals surface area contributed by atoms with Crippen LogP contribution in [-0.4, -0.2) is 22.0 Å².